The van der Waals surface area contributed by atoms with Gasteiger partial charge in [0, 0.05) is 24.0 Å². The minimum atomic E-state index is -3.45. The number of sulfonamides is 1. The maximum Gasteiger partial charge on any atom is 0.252 e. The van der Waals surface area contributed by atoms with Crippen LogP contribution in [0.5, 0.6) is 0 Å². The Hall–Kier alpha value is -0.470. The predicted molar refractivity (Wildman–Crippen MR) is 80.3 cm³/mol. The van der Waals surface area contributed by atoms with E-state index in [1.54, 1.807) is 10.4 Å². The summed E-state index contributed by atoms with van der Waals surface area (Å²) in [5, 5.41) is 0. The summed E-state index contributed by atoms with van der Waals surface area (Å²) in [6, 6.07) is 1.65. The molecule has 0 spiro atoms. The highest BCUT2D eigenvalue weighted by Crippen LogP contribution is 2.31. The van der Waals surface area contributed by atoms with E-state index < -0.39 is 10.0 Å². The summed E-state index contributed by atoms with van der Waals surface area (Å²) in [6.07, 6.45) is 0.683. The topological polar surface area (TPSA) is 72.6 Å². The van der Waals surface area contributed by atoms with Crippen LogP contribution in [0.1, 0.15) is 30.7 Å². The van der Waals surface area contributed by atoms with Gasteiger partial charge in [-0.15, -0.1) is 11.3 Å². The van der Waals surface area contributed by atoms with Crippen molar-refractivity contribution in [3.63, 3.8) is 0 Å². The minimum absolute atomic E-state index is 0.0670. The van der Waals surface area contributed by atoms with Gasteiger partial charge >= 0.3 is 0 Å². The summed E-state index contributed by atoms with van der Waals surface area (Å²) in [4.78, 5) is 0.929. The number of ether oxygens (including phenoxy) is 1. The van der Waals surface area contributed by atoms with Crippen LogP contribution in [-0.4, -0.2) is 38.0 Å². The predicted octanol–water partition coefficient (Wildman–Crippen LogP) is 1.70. The fraction of sp³-hybridized carbons (Fsp3) is 0.692. The second-order valence-corrected chi connectivity index (χ2v) is 8.41. The maximum absolute atomic E-state index is 12.8. The molecule has 2 N–H and O–H groups in total. The van der Waals surface area contributed by atoms with Crippen LogP contribution in [-0.2, 0) is 21.3 Å². The number of morpholine rings is 1. The van der Waals surface area contributed by atoms with Gasteiger partial charge in [0.05, 0.1) is 12.7 Å². The van der Waals surface area contributed by atoms with E-state index in [2.05, 4.69) is 0 Å². The first kappa shape index (κ1) is 15.9. The van der Waals surface area contributed by atoms with Crippen molar-refractivity contribution in [2.45, 2.75) is 50.1 Å². The molecule has 0 aliphatic carbocycles. The van der Waals surface area contributed by atoms with Gasteiger partial charge in [-0.2, -0.15) is 4.31 Å². The molecule has 2 heterocycles. The smallest absolute Gasteiger partial charge is 0.252 e. The van der Waals surface area contributed by atoms with Crippen LogP contribution >= 0.6 is 11.3 Å². The summed E-state index contributed by atoms with van der Waals surface area (Å²) >= 11 is 1.28. The molecule has 1 saturated heterocycles. The van der Waals surface area contributed by atoms with E-state index in [1.165, 1.54) is 11.3 Å². The first-order valence-electron chi connectivity index (χ1n) is 6.83. The fourth-order valence-electron chi connectivity index (χ4n) is 2.36. The molecule has 0 saturated carbocycles. The third-order valence-corrected chi connectivity index (χ3v) is 7.26. The maximum atomic E-state index is 12.8. The van der Waals surface area contributed by atoms with E-state index in [9.17, 15) is 8.42 Å². The van der Waals surface area contributed by atoms with E-state index in [-0.39, 0.29) is 12.1 Å². The van der Waals surface area contributed by atoms with E-state index in [1.807, 2.05) is 20.8 Å². The van der Waals surface area contributed by atoms with Crippen LogP contribution in [0.3, 0.4) is 0 Å². The molecule has 1 fully saturated rings. The highest BCUT2D eigenvalue weighted by atomic mass is 32.2. The molecule has 20 heavy (non-hydrogen) atoms. The fourth-order valence-corrected chi connectivity index (χ4v) is 5.72. The number of hydrogen-bond acceptors (Lipinski definition) is 5. The monoisotopic (exact) mass is 318 g/mol. The van der Waals surface area contributed by atoms with Crippen LogP contribution < -0.4 is 5.73 Å². The van der Waals surface area contributed by atoms with Crippen LogP contribution in [0.15, 0.2) is 10.3 Å². The first-order chi connectivity index (χ1) is 9.40. The van der Waals surface area contributed by atoms with Crippen LogP contribution in [0.25, 0.3) is 0 Å². The van der Waals surface area contributed by atoms with Crippen molar-refractivity contribution in [2.24, 2.45) is 5.73 Å². The lowest BCUT2D eigenvalue weighted by Gasteiger charge is -2.36. The summed E-state index contributed by atoms with van der Waals surface area (Å²) in [5.41, 5.74) is 6.59. The van der Waals surface area contributed by atoms with Gasteiger partial charge in [0.1, 0.15) is 4.21 Å². The van der Waals surface area contributed by atoms with E-state index in [4.69, 9.17) is 10.5 Å². The van der Waals surface area contributed by atoms with E-state index in [0.717, 1.165) is 16.9 Å². The molecule has 0 bridgehead atoms. The van der Waals surface area contributed by atoms with Gasteiger partial charge in [-0.05, 0) is 31.9 Å². The summed E-state index contributed by atoms with van der Waals surface area (Å²) in [7, 11) is -3.45. The molecule has 7 heteroatoms. The lowest BCUT2D eigenvalue weighted by atomic mass is 10.2. The summed E-state index contributed by atoms with van der Waals surface area (Å²) < 4.78 is 33.2. The second kappa shape index (κ2) is 6.11. The first-order valence-corrected chi connectivity index (χ1v) is 9.08. The minimum Gasteiger partial charge on any atom is -0.375 e. The third-order valence-electron chi connectivity index (χ3n) is 3.64. The number of rotatable bonds is 4. The highest BCUT2D eigenvalue weighted by molar-refractivity contribution is 7.91. The average Bonchev–Trinajstić information content (AvgIpc) is 2.80. The standard InChI is InChI=1S/C13H22N2O3S2/c1-4-11-8-18-10(3)7-15(11)20(16,17)13-5-9(2)12(6-14)19-13/h5,10-11H,4,6-8,14H2,1-3H3. The molecule has 2 unspecified atom stereocenters. The Balaban J connectivity index is 2.36. The molecular formula is C13H22N2O3S2. The van der Waals surface area contributed by atoms with Gasteiger partial charge in [-0.1, -0.05) is 6.92 Å². The Morgan fingerprint density at radius 2 is 2.25 bits per heavy atom. The number of thiophene rings is 1. The molecule has 0 radical (unpaired) electrons. The lowest BCUT2D eigenvalue weighted by molar-refractivity contribution is -0.0229. The van der Waals surface area contributed by atoms with Gasteiger partial charge in [0.15, 0.2) is 0 Å². The molecule has 1 aromatic heterocycles. The van der Waals surface area contributed by atoms with Crippen molar-refractivity contribution in [3.8, 4) is 0 Å². The summed E-state index contributed by atoms with van der Waals surface area (Å²) in [6.45, 7) is 7.04. The summed E-state index contributed by atoms with van der Waals surface area (Å²) in [5.74, 6) is 0. The zero-order valence-electron chi connectivity index (χ0n) is 12.1. The SMILES string of the molecule is CCC1COC(C)CN1S(=O)(=O)c1cc(C)c(CN)s1. The van der Waals surface area contributed by atoms with E-state index in [0.29, 0.717) is 23.9 Å². The molecule has 1 aliphatic rings. The molecule has 2 rings (SSSR count). The van der Waals surface area contributed by atoms with Crippen molar-refractivity contribution in [3.05, 3.63) is 16.5 Å². The number of nitrogens with zero attached hydrogens (tertiary/aromatic N) is 1. The Morgan fingerprint density at radius 3 is 2.80 bits per heavy atom. The van der Waals surface area contributed by atoms with Crippen molar-refractivity contribution in [1.29, 1.82) is 0 Å². The van der Waals surface area contributed by atoms with Gasteiger partial charge in [0.2, 0.25) is 0 Å². The van der Waals surface area contributed by atoms with Crippen LogP contribution in [0.4, 0.5) is 0 Å². The van der Waals surface area contributed by atoms with Gasteiger partial charge in [0.25, 0.3) is 10.0 Å². The molecule has 1 aliphatic heterocycles. The number of aryl methyl sites for hydroxylation is 1. The molecule has 0 aromatic carbocycles. The Kier molecular flexibility index (Phi) is 4.86. The Morgan fingerprint density at radius 1 is 1.55 bits per heavy atom. The quantitative estimate of drug-likeness (QED) is 0.917. The molecular weight excluding hydrogens is 296 g/mol. The largest absolute Gasteiger partial charge is 0.375 e. The highest BCUT2D eigenvalue weighted by Gasteiger charge is 2.36. The van der Waals surface area contributed by atoms with Crippen molar-refractivity contribution < 1.29 is 13.2 Å². The van der Waals surface area contributed by atoms with Gasteiger partial charge < -0.3 is 10.5 Å². The Bertz CT molecular complexity index is 568. The second-order valence-electron chi connectivity index (χ2n) is 5.16. The zero-order chi connectivity index (χ0) is 14.9. The van der Waals surface area contributed by atoms with Crippen LogP contribution in [0, 0.1) is 6.92 Å². The molecule has 1 aromatic rings. The molecule has 114 valence electrons. The lowest BCUT2D eigenvalue weighted by Crippen LogP contribution is -2.50. The normalized spacial score (nSPS) is 25.0. The molecule has 5 nitrogen and oxygen atoms in total. The number of nitrogens with two attached hydrogens (primary N) is 1. The van der Waals surface area contributed by atoms with Crippen molar-refractivity contribution in [1.82, 2.24) is 4.31 Å². The van der Waals surface area contributed by atoms with Gasteiger partial charge in [-0.25, -0.2) is 8.42 Å². The average molecular weight is 318 g/mol. The third kappa shape index (κ3) is 2.92. The van der Waals surface area contributed by atoms with Gasteiger partial charge in [-0.3, -0.25) is 0 Å². The van der Waals surface area contributed by atoms with Crippen molar-refractivity contribution >= 4 is 21.4 Å². The van der Waals surface area contributed by atoms with E-state index >= 15 is 0 Å². The van der Waals surface area contributed by atoms with Crippen molar-refractivity contribution in [2.75, 3.05) is 13.2 Å². The Labute approximate surface area is 124 Å². The molecule has 0 amide bonds. The van der Waals surface area contributed by atoms with Crippen LogP contribution in [0.2, 0.25) is 0 Å². The zero-order valence-corrected chi connectivity index (χ0v) is 13.8. The molecule has 2 atom stereocenters. The number of hydrogen-bond donors (Lipinski definition) is 1.